The number of anilines is 1. The number of carboxylic acid groups (broad SMARTS) is 1. The lowest BCUT2D eigenvalue weighted by atomic mass is 10.2. The van der Waals surface area contributed by atoms with Gasteiger partial charge in [-0.3, -0.25) is 4.79 Å². The minimum atomic E-state index is -0.804. The Balaban J connectivity index is 2.16. The van der Waals surface area contributed by atoms with E-state index in [9.17, 15) is 4.79 Å². The Morgan fingerprint density at radius 3 is 2.57 bits per heavy atom. The lowest BCUT2D eigenvalue weighted by Crippen LogP contribution is -2.25. The summed E-state index contributed by atoms with van der Waals surface area (Å²) in [5.41, 5.74) is 1.13. The van der Waals surface area contributed by atoms with E-state index >= 15 is 0 Å². The standard InChI is InChI=1S/C15H19N3O2S/c1-11(2)14-16-17-15(21-14)18(9-8-13(19)20)10-12-6-4-3-5-7-12/h3-7,11H,8-10H2,1-2H3,(H,19,20). The van der Waals surface area contributed by atoms with Gasteiger partial charge in [0.05, 0.1) is 6.42 Å². The van der Waals surface area contributed by atoms with Gasteiger partial charge in [0.1, 0.15) is 5.01 Å². The molecule has 0 aliphatic carbocycles. The number of hydrogen-bond donors (Lipinski definition) is 1. The zero-order chi connectivity index (χ0) is 15.2. The second kappa shape index (κ2) is 7.17. The van der Waals surface area contributed by atoms with Crippen molar-refractivity contribution in [3.8, 4) is 0 Å². The van der Waals surface area contributed by atoms with E-state index in [-0.39, 0.29) is 6.42 Å². The fourth-order valence-electron chi connectivity index (χ4n) is 1.86. The van der Waals surface area contributed by atoms with Crippen molar-refractivity contribution >= 4 is 22.4 Å². The predicted molar refractivity (Wildman–Crippen MR) is 83.7 cm³/mol. The van der Waals surface area contributed by atoms with Crippen LogP contribution in [-0.2, 0) is 11.3 Å². The average molecular weight is 305 g/mol. The second-order valence-electron chi connectivity index (χ2n) is 5.13. The molecule has 21 heavy (non-hydrogen) atoms. The van der Waals surface area contributed by atoms with Crippen molar-refractivity contribution in [1.29, 1.82) is 0 Å². The maximum atomic E-state index is 10.8. The summed E-state index contributed by atoms with van der Waals surface area (Å²) in [4.78, 5) is 12.8. The summed E-state index contributed by atoms with van der Waals surface area (Å²) in [7, 11) is 0. The molecule has 6 heteroatoms. The van der Waals surface area contributed by atoms with Crippen LogP contribution in [0.25, 0.3) is 0 Å². The van der Waals surface area contributed by atoms with Crippen LogP contribution in [0.5, 0.6) is 0 Å². The molecule has 2 aromatic rings. The van der Waals surface area contributed by atoms with Crippen molar-refractivity contribution in [3.63, 3.8) is 0 Å². The monoisotopic (exact) mass is 305 g/mol. The highest BCUT2D eigenvalue weighted by atomic mass is 32.1. The molecule has 0 aliphatic heterocycles. The normalized spacial score (nSPS) is 10.8. The molecule has 1 heterocycles. The SMILES string of the molecule is CC(C)c1nnc(N(CCC(=O)O)Cc2ccccc2)s1. The number of nitrogens with zero attached hydrogens (tertiary/aromatic N) is 3. The minimum Gasteiger partial charge on any atom is -0.481 e. The van der Waals surface area contributed by atoms with Crippen LogP contribution in [0.1, 0.15) is 36.8 Å². The minimum absolute atomic E-state index is 0.0867. The summed E-state index contributed by atoms with van der Waals surface area (Å²) in [5.74, 6) is -0.476. The van der Waals surface area contributed by atoms with Gasteiger partial charge >= 0.3 is 5.97 Å². The number of carbonyl (C=O) groups is 1. The predicted octanol–water partition coefficient (Wildman–Crippen LogP) is 3.14. The first-order valence-electron chi connectivity index (χ1n) is 6.90. The molecule has 1 aromatic heterocycles. The van der Waals surface area contributed by atoms with Gasteiger partial charge in [0, 0.05) is 19.0 Å². The van der Waals surface area contributed by atoms with Gasteiger partial charge in [0.15, 0.2) is 0 Å². The Kier molecular flexibility index (Phi) is 5.27. The number of rotatable bonds is 7. The van der Waals surface area contributed by atoms with Gasteiger partial charge in [-0.15, -0.1) is 10.2 Å². The van der Waals surface area contributed by atoms with Crippen molar-refractivity contribution in [2.24, 2.45) is 0 Å². The summed E-state index contributed by atoms with van der Waals surface area (Å²) < 4.78 is 0. The molecule has 0 aliphatic rings. The van der Waals surface area contributed by atoms with E-state index in [2.05, 4.69) is 24.0 Å². The Morgan fingerprint density at radius 1 is 1.29 bits per heavy atom. The Hall–Kier alpha value is -1.95. The molecule has 0 atom stereocenters. The fraction of sp³-hybridized carbons (Fsp3) is 0.400. The van der Waals surface area contributed by atoms with Crippen LogP contribution >= 0.6 is 11.3 Å². The topological polar surface area (TPSA) is 66.3 Å². The largest absolute Gasteiger partial charge is 0.481 e. The van der Waals surface area contributed by atoms with Gasteiger partial charge in [-0.2, -0.15) is 0 Å². The number of aromatic nitrogens is 2. The van der Waals surface area contributed by atoms with E-state index in [0.717, 1.165) is 15.7 Å². The van der Waals surface area contributed by atoms with Crippen molar-refractivity contribution in [2.75, 3.05) is 11.4 Å². The molecule has 0 radical (unpaired) electrons. The molecule has 5 nitrogen and oxygen atoms in total. The van der Waals surface area contributed by atoms with Gasteiger partial charge in [0.25, 0.3) is 0 Å². The summed E-state index contributed by atoms with van der Waals surface area (Å²) in [6, 6.07) is 9.97. The molecule has 2 rings (SSSR count). The van der Waals surface area contributed by atoms with E-state index in [0.29, 0.717) is 19.0 Å². The van der Waals surface area contributed by atoms with Crippen LogP contribution in [-0.4, -0.2) is 27.8 Å². The van der Waals surface area contributed by atoms with Crippen LogP contribution < -0.4 is 4.90 Å². The Bertz CT molecular complexity index is 584. The summed E-state index contributed by atoms with van der Waals surface area (Å²) in [6.07, 6.45) is 0.0867. The van der Waals surface area contributed by atoms with Crippen LogP contribution in [0, 0.1) is 0 Å². The van der Waals surface area contributed by atoms with Crippen molar-refractivity contribution < 1.29 is 9.90 Å². The van der Waals surface area contributed by atoms with Crippen LogP contribution in [0.2, 0.25) is 0 Å². The molecule has 112 valence electrons. The first kappa shape index (κ1) is 15.4. The first-order valence-corrected chi connectivity index (χ1v) is 7.72. The summed E-state index contributed by atoms with van der Waals surface area (Å²) in [5, 5.41) is 19.1. The van der Waals surface area contributed by atoms with E-state index in [1.165, 1.54) is 11.3 Å². The third-order valence-electron chi connectivity index (χ3n) is 3.01. The van der Waals surface area contributed by atoms with Gasteiger partial charge in [-0.05, 0) is 5.56 Å². The van der Waals surface area contributed by atoms with E-state index in [1.54, 1.807) is 0 Å². The summed E-state index contributed by atoms with van der Waals surface area (Å²) in [6.45, 7) is 5.21. The molecule has 1 aromatic carbocycles. The smallest absolute Gasteiger partial charge is 0.305 e. The zero-order valence-electron chi connectivity index (χ0n) is 12.2. The van der Waals surface area contributed by atoms with Crippen LogP contribution in [0.4, 0.5) is 5.13 Å². The third-order valence-corrected chi connectivity index (χ3v) is 4.29. The van der Waals surface area contributed by atoms with Gasteiger partial charge in [-0.25, -0.2) is 0 Å². The Labute approximate surface area is 128 Å². The Morgan fingerprint density at radius 2 is 2.00 bits per heavy atom. The molecular weight excluding hydrogens is 286 g/mol. The van der Waals surface area contributed by atoms with Gasteiger partial charge in [0.2, 0.25) is 5.13 Å². The van der Waals surface area contributed by atoms with Crippen molar-refractivity contribution in [2.45, 2.75) is 32.7 Å². The highest BCUT2D eigenvalue weighted by Gasteiger charge is 2.15. The fourth-order valence-corrected chi connectivity index (χ4v) is 2.74. The molecule has 0 bridgehead atoms. The maximum absolute atomic E-state index is 10.8. The number of aliphatic carboxylic acids is 1. The molecule has 0 fully saturated rings. The zero-order valence-corrected chi connectivity index (χ0v) is 13.0. The number of benzene rings is 1. The lowest BCUT2D eigenvalue weighted by molar-refractivity contribution is -0.136. The van der Waals surface area contributed by atoms with Crippen LogP contribution in [0.3, 0.4) is 0 Å². The molecule has 0 saturated heterocycles. The van der Waals surface area contributed by atoms with E-state index < -0.39 is 5.97 Å². The quantitative estimate of drug-likeness (QED) is 0.851. The van der Waals surface area contributed by atoms with Gasteiger partial charge < -0.3 is 10.0 Å². The maximum Gasteiger partial charge on any atom is 0.305 e. The van der Waals surface area contributed by atoms with Crippen molar-refractivity contribution in [3.05, 3.63) is 40.9 Å². The number of hydrogen-bond acceptors (Lipinski definition) is 5. The molecule has 0 spiro atoms. The van der Waals surface area contributed by atoms with Gasteiger partial charge in [-0.1, -0.05) is 55.5 Å². The molecule has 0 unspecified atom stereocenters. The third kappa shape index (κ3) is 4.53. The first-order chi connectivity index (χ1) is 10.1. The highest BCUT2D eigenvalue weighted by molar-refractivity contribution is 7.15. The average Bonchev–Trinajstić information content (AvgIpc) is 2.94. The number of carboxylic acids is 1. The molecule has 0 saturated carbocycles. The molecule has 1 N–H and O–H groups in total. The van der Waals surface area contributed by atoms with E-state index in [4.69, 9.17) is 5.11 Å². The second-order valence-corrected chi connectivity index (χ2v) is 6.12. The molecular formula is C15H19N3O2S. The van der Waals surface area contributed by atoms with Crippen molar-refractivity contribution in [1.82, 2.24) is 10.2 Å². The molecule has 0 amide bonds. The summed E-state index contributed by atoms with van der Waals surface area (Å²) >= 11 is 1.53. The lowest BCUT2D eigenvalue weighted by Gasteiger charge is -2.20. The highest BCUT2D eigenvalue weighted by Crippen LogP contribution is 2.26. The van der Waals surface area contributed by atoms with E-state index in [1.807, 2.05) is 35.2 Å². The van der Waals surface area contributed by atoms with Crippen LogP contribution in [0.15, 0.2) is 30.3 Å².